The largest absolute Gasteiger partial charge is 0.493 e. The van der Waals surface area contributed by atoms with E-state index in [1.807, 2.05) is 25.1 Å². The van der Waals surface area contributed by atoms with Crippen LogP contribution in [0.2, 0.25) is 0 Å². The molecule has 6 nitrogen and oxygen atoms in total. The molecule has 0 unspecified atom stereocenters. The van der Waals surface area contributed by atoms with Gasteiger partial charge in [0.1, 0.15) is 0 Å². The predicted molar refractivity (Wildman–Crippen MR) is 113 cm³/mol. The maximum atomic E-state index is 13.7. The molecular formula is C23H27F2N3O3. The minimum Gasteiger partial charge on any atom is -0.493 e. The molecule has 1 saturated heterocycles. The van der Waals surface area contributed by atoms with Crippen LogP contribution >= 0.6 is 0 Å². The summed E-state index contributed by atoms with van der Waals surface area (Å²) in [5.41, 5.74) is 2.35. The summed E-state index contributed by atoms with van der Waals surface area (Å²) in [6.45, 7) is 6.59. The molecule has 1 aliphatic rings. The molecule has 1 fully saturated rings. The maximum Gasteiger partial charge on any atom is 0.264 e. The lowest BCUT2D eigenvalue weighted by molar-refractivity contribution is 0.152. The maximum absolute atomic E-state index is 13.7. The molecule has 1 aliphatic heterocycles. The normalized spacial score (nSPS) is 17.4. The van der Waals surface area contributed by atoms with Crippen molar-refractivity contribution in [3.63, 3.8) is 0 Å². The Bertz CT molecular complexity index is 1050. The molecule has 0 spiro atoms. The molecule has 2 aromatic heterocycles. The van der Waals surface area contributed by atoms with Gasteiger partial charge in [0.05, 0.1) is 24.8 Å². The number of likely N-dealkylation sites (tertiary alicyclic amines) is 1. The van der Waals surface area contributed by atoms with Crippen LogP contribution in [-0.2, 0) is 6.54 Å². The number of alkyl halides is 2. The molecule has 0 saturated carbocycles. The van der Waals surface area contributed by atoms with Crippen LogP contribution in [0, 0.1) is 6.92 Å². The monoisotopic (exact) mass is 431 g/mol. The lowest BCUT2D eigenvalue weighted by Crippen LogP contribution is -2.34. The standard InChI is InChI=1S/C23H27F2N3O3/c1-4-30-20-10-15(7-8-19(20)29-3)12-28-9-5-6-16(13-28)18-11-17(22(24)25)21-14(2)27-31-23(21)26-18/h7-8,10-11,16,22H,4-6,9,12-13H2,1-3H3/t16-/m1/s1. The summed E-state index contributed by atoms with van der Waals surface area (Å²) in [4.78, 5) is 6.86. The second-order valence-electron chi connectivity index (χ2n) is 7.88. The fourth-order valence-corrected chi connectivity index (χ4v) is 4.32. The highest BCUT2D eigenvalue weighted by atomic mass is 19.3. The highest BCUT2D eigenvalue weighted by Gasteiger charge is 2.27. The van der Waals surface area contributed by atoms with Crippen molar-refractivity contribution in [3.8, 4) is 11.5 Å². The first kappa shape index (κ1) is 21.5. The highest BCUT2D eigenvalue weighted by Crippen LogP contribution is 2.35. The van der Waals surface area contributed by atoms with Crippen LogP contribution in [0.4, 0.5) is 8.78 Å². The van der Waals surface area contributed by atoms with Crippen molar-refractivity contribution in [2.24, 2.45) is 0 Å². The number of aryl methyl sites for hydroxylation is 1. The van der Waals surface area contributed by atoms with E-state index in [0.29, 0.717) is 29.1 Å². The fraction of sp³-hybridized carbons (Fsp3) is 0.478. The number of ether oxygens (including phenoxy) is 2. The van der Waals surface area contributed by atoms with Crippen LogP contribution in [0.25, 0.3) is 11.1 Å². The molecule has 4 rings (SSSR count). The summed E-state index contributed by atoms with van der Waals surface area (Å²) in [5, 5.41) is 4.16. The van der Waals surface area contributed by atoms with Gasteiger partial charge < -0.3 is 14.0 Å². The van der Waals surface area contributed by atoms with E-state index in [1.165, 1.54) is 6.07 Å². The van der Waals surface area contributed by atoms with E-state index >= 15 is 0 Å². The molecule has 0 bridgehead atoms. The Hall–Kier alpha value is -2.74. The first-order valence-corrected chi connectivity index (χ1v) is 10.6. The van der Waals surface area contributed by atoms with E-state index in [9.17, 15) is 8.78 Å². The van der Waals surface area contributed by atoms with Crippen molar-refractivity contribution in [1.82, 2.24) is 15.0 Å². The third kappa shape index (κ3) is 4.49. The van der Waals surface area contributed by atoms with E-state index in [2.05, 4.69) is 15.0 Å². The molecule has 0 aliphatic carbocycles. The van der Waals surface area contributed by atoms with Crippen molar-refractivity contribution in [2.45, 2.75) is 45.6 Å². The van der Waals surface area contributed by atoms with Crippen LogP contribution in [-0.4, -0.2) is 41.8 Å². The Morgan fingerprint density at radius 3 is 2.84 bits per heavy atom. The number of hydrogen-bond donors (Lipinski definition) is 0. The topological polar surface area (TPSA) is 60.6 Å². The van der Waals surface area contributed by atoms with E-state index in [0.717, 1.165) is 43.8 Å². The molecule has 166 valence electrons. The third-order valence-corrected chi connectivity index (χ3v) is 5.76. The van der Waals surface area contributed by atoms with E-state index in [1.54, 1.807) is 14.0 Å². The molecule has 0 amide bonds. The van der Waals surface area contributed by atoms with E-state index in [-0.39, 0.29) is 17.2 Å². The fourth-order valence-electron chi connectivity index (χ4n) is 4.32. The summed E-state index contributed by atoms with van der Waals surface area (Å²) in [5.74, 6) is 1.50. The Morgan fingerprint density at radius 1 is 1.26 bits per heavy atom. The van der Waals surface area contributed by atoms with Gasteiger partial charge in [0, 0.05) is 30.3 Å². The van der Waals surface area contributed by atoms with Gasteiger partial charge in [0.25, 0.3) is 12.1 Å². The van der Waals surface area contributed by atoms with Gasteiger partial charge in [0.15, 0.2) is 11.5 Å². The molecule has 8 heteroatoms. The lowest BCUT2D eigenvalue weighted by Gasteiger charge is -2.32. The zero-order valence-electron chi connectivity index (χ0n) is 18.0. The number of rotatable bonds is 7. The second-order valence-corrected chi connectivity index (χ2v) is 7.88. The Labute approximate surface area is 180 Å². The second kappa shape index (κ2) is 9.18. The van der Waals surface area contributed by atoms with Crippen LogP contribution in [0.3, 0.4) is 0 Å². The number of nitrogens with zero attached hydrogens (tertiary/aromatic N) is 3. The number of methoxy groups -OCH3 is 1. The van der Waals surface area contributed by atoms with E-state index < -0.39 is 6.43 Å². The highest BCUT2D eigenvalue weighted by molar-refractivity contribution is 5.80. The summed E-state index contributed by atoms with van der Waals surface area (Å²) in [7, 11) is 1.63. The van der Waals surface area contributed by atoms with Gasteiger partial charge in [0.2, 0.25) is 0 Å². The molecule has 0 radical (unpaired) electrons. The van der Waals surface area contributed by atoms with Gasteiger partial charge in [-0.15, -0.1) is 0 Å². The van der Waals surface area contributed by atoms with Crippen LogP contribution in [0.5, 0.6) is 11.5 Å². The first-order chi connectivity index (χ1) is 15.0. The van der Waals surface area contributed by atoms with Crippen molar-refractivity contribution in [2.75, 3.05) is 26.8 Å². The number of aromatic nitrogens is 2. The minimum absolute atomic E-state index is 0.0487. The summed E-state index contributed by atoms with van der Waals surface area (Å²) in [6, 6.07) is 7.48. The van der Waals surface area contributed by atoms with Gasteiger partial charge >= 0.3 is 0 Å². The number of pyridine rings is 1. The zero-order valence-corrected chi connectivity index (χ0v) is 18.0. The van der Waals surface area contributed by atoms with Crippen molar-refractivity contribution in [1.29, 1.82) is 0 Å². The summed E-state index contributed by atoms with van der Waals surface area (Å²) >= 11 is 0. The lowest BCUT2D eigenvalue weighted by atomic mass is 9.92. The Kier molecular flexibility index (Phi) is 6.36. The number of hydrogen-bond acceptors (Lipinski definition) is 6. The summed E-state index contributed by atoms with van der Waals surface area (Å²) in [6.07, 6.45) is -0.728. The van der Waals surface area contributed by atoms with Gasteiger partial charge in [-0.2, -0.15) is 0 Å². The molecular weight excluding hydrogens is 404 g/mol. The van der Waals surface area contributed by atoms with Gasteiger partial charge in [-0.3, -0.25) is 4.90 Å². The average molecular weight is 431 g/mol. The van der Waals surface area contributed by atoms with Gasteiger partial charge in [-0.05, 0) is 57.0 Å². The molecule has 0 N–H and O–H groups in total. The number of piperidine rings is 1. The SMILES string of the molecule is CCOc1cc(CN2CCC[C@@H](c3cc(C(F)F)c4c(C)noc4n3)C2)ccc1OC. The molecule has 1 atom stereocenters. The quantitative estimate of drug-likeness (QED) is 0.509. The van der Waals surface area contributed by atoms with Crippen molar-refractivity contribution >= 4 is 11.1 Å². The number of fused-ring (bicyclic) bond motifs is 1. The Balaban J connectivity index is 1.55. The van der Waals surface area contributed by atoms with E-state index in [4.69, 9.17) is 14.0 Å². The average Bonchev–Trinajstić information content (AvgIpc) is 3.14. The van der Waals surface area contributed by atoms with Gasteiger partial charge in [-0.25, -0.2) is 13.8 Å². The molecule has 1 aromatic carbocycles. The molecule has 3 aromatic rings. The first-order valence-electron chi connectivity index (χ1n) is 10.6. The van der Waals surface area contributed by atoms with Crippen molar-refractivity contribution in [3.05, 3.63) is 46.8 Å². The predicted octanol–water partition coefficient (Wildman–Crippen LogP) is 5.26. The molecule has 31 heavy (non-hydrogen) atoms. The Morgan fingerprint density at radius 2 is 2.10 bits per heavy atom. The van der Waals surface area contributed by atoms with Gasteiger partial charge in [-0.1, -0.05) is 11.2 Å². The third-order valence-electron chi connectivity index (χ3n) is 5.76. The van der Waals surface area contributed by atoms with Crippen LogP contribution < -0.4 is 9.47 Å². The molecule has 3 heterocycles. The number of benzene rings is 1. The summed E-state index contributed by atoms with van der Waals surface area (Å²) < 4.78 is 43.7. The van der Waals surface area contributed by atoms with Crippen LogP contribution in [0.15, 0.2) is 28.8 Å². The van der Waals surface area contributed by atoms with Crippen molar-refractivity contribution < 1.29 is 22.8 Å². The smallest absolute Gasteiger partial charge is 0.264 e. The number of halogens is 2. The minimum atomic E-state index is -2.60. The van der Waals surface area contributed by atoms with Crippen LogP contribution in [0.1, 0.15) is 54.6 Å². The zero-order chi connectivity index (χ0) is 22.0.